The molecule has 0 aliphatic rings. The van der Waals surface area contributed by atoms with E-state index >= 15 is 0 Å². The van der Waals surface area contributed by atoms with Crippen molar-refractivity contribution in [1.82, 2.24) is 0 Å². The molecule has 0 radical (unpaired) electrons. The summed E-state index contributed by atoms with van der Waals surface area (Å²) in [5.41, 5.74) is 0.371. The van der Waals surface area contributed by atoms with Crippen LogP contribution < -0.4 is 0 Å². The first-order chi connectivity index (χ1) is 5.58. The average Bonchev–Trinajstić information content (AvgIpc) is 2.05. The van der Waals surface area contributed by atoms with Crippen LogP contribution in [0.5, 0.6) is 0 Å². The first-order valence-corrected chi connectivity index (χ1v) is 5.67. The third-order valence-electron chi connectivity index (χ3n) is 2.80. The molecule has 0 N–H and O–H groups in total. The third-order valence-corrected chi connectivity index (χ3v) is 3.44. The SMILES string of the molecule is CCCC(C)CC(C)(CC)CCl. The molecule has 1 heteroatoms. The van der Waals surface area contributed by atoms with Gasteiger partial charge in [0, 0.05) is 5.88 Å². The zero-order valence-electron chi connectivity index (χ0n) is 8.99. The van der Waals surface area contributed by atoms with Crippen LogP contribution in [-0.4, -0.2) is 5.88 Å². The maximum atomic E-state index is 5.95. The van der Waals surface area contributed by atoms with Crippen molar-refractivity contribution in [3.05, 3.63) is 0 Å². The van der Waals surface area contributed by atoms with Gasteiger partial charge in [-0.25, -0.2) is 0 Å². The van der Waals surface area contributed by atoms with Gasteiger partial charge in [0.25, 0.3) is 0 Å². The summed E-state index contributed by atoms with van der Waals surface area (Å²) in [5.74, 6) is 1.64. The molecule has 12 heavy (non-hydrogen) atoms. The number of halogens is 1. The van der Waals surface area contributed by atoms with Gasteiger partial charge >= 0.3 is 0 Å². The van der Waals surface area contributed by atoms with Crippen molar-refractivity contribution in [1.29, 1.82) is 0 Å². The van der Waals surface area contributed by atoms with E-state index in [1.807, 2.05) is 0 Å². The van der Waals surface area contributed by atoms with E-state index < -0.39 is 0 Å². The molecule has 0 aromatic rings. The molecule has 2 unspecified atom stereocenters. The van der Waals surface area contributed by atoms with Gasteiger partial charge < -0.3 is 0 Å². The number of hydrogen-bond acceptors (Lipinski definition) is 0. The molecule has 0 bridgehead atoms. The van der Waals surface area contributed by atoms with Crippen LogP contribution in [0.25, 0.3) is 0 Å². The number of alkyl halides is 1. The smallest absolute Gasteiger partial charge is 0.0277 e. The second kappa shape index (κ2) is 5.85. The van der Waals surface area contributed by atoms with E-state index in [2.05, 4.69) is 27.7 Å². The molecule has 0 aliphatic carbocycles. The Morgan fingerprint density at radius 3 is 2.25 bits per heavy atom. The highest BCUT2D eigenvalue weighted by atomic mass is 35.5. The Morgan fingerprint density at radius 2 is 1.92 bits per heavy atom. The summed E-state index contributed by atoms with van der Waals surface area (Å²) in [6.07, 6.45) is 5.11. The quantitative estimate of drug-likeness (QED) is 0.543. The third kappa shape index (κ3) is 4.35. The minimum atomic E-state index is 0.371. The number of hydrogen-bond donors (Lipinski definition) is 0. The lowest BCUT2D eigenvalue weighted by Gasteiger charge is -2.28. The van der Waals surface area contributed by atoms with E-state index in [0.29, 0.717) is 5.41 Å². The maximum Gasteiger partial charge on any atom is 0.0277 e. The molecule has 0 saturated heterocycles. The molecule has 2 atom stereocenters. The van der Waals surface area contributed by atoms with Gasteiger partial charge in [-0.2, -0.15) is 0 Å². The Kier molecular flexibility index (Phi) is 6.00. The predicted molar refractivity (Wildman–Crippen MR) is 57.8 cm³/mol. The van der Waals surface area contributed by atoms with Crippen LogP contribution in [0, 0.1) is 11.3 Å². The van der Waals surface area contributed by atoms with Crippen LogP contribution in [0.2, 0.25) is 0 Å². The molecule has 0 heterocycles. The van der Waals surface area contributed by atoms with Gasteiger partial charge in [0.05, 0.1) is 0 Å². The Morgan fingerprint density at radius 1 is 1.33 bits per heavy atom. The second-order valence-electron chi connectivity index (χ2n) is 4.40. The lowest BCUT2D eigenvalue weighted by Crippen LogP contribution is -2.20. The molecule has 0 aromatic carbocycles. The molecular weight excluding hydrogens is 168 g/mol. The summed E-state index contributed by atoms with van der Waals surface area (Å²) in [6, 6.07) is 0. The zero-order chi connectivity index (χ0) is 9.61. The van der Waals surface area contributed by atoms with Crippen molar-refractivity contribution in [3.63, 3.8) is 0 Å². The van der Waals surface area contributed by atoms with Crippen LogP contribution in [0.3, 0.4) is 0 Å². The summed E-state index contributed by atoms with van der Waals surface area (Å²) in [4.78, 5) is 0. The molecule has 0 aromatic heterocycles. The van der Waals surface area contributed by atoms with E-state index in [1.54, 1.807) is 0 Å². The van der Waals surface area contributed by atoms with Crippen molar-refractivity contribution in [2.75, 3.05) is 5.88 Å². The summed E-state index contributed by atoms with van der Waals surface area (Å²) in [6.45, 7) is 9.12. The van der Waals surface area contributed by atoms with Crippen molar-refractivity contribution < 1.29 is 0 Å². The molecule has 0 amide bonds. The van der Waals surface area contributed by atoms with Crippen LogP contribution in [0.15, 0.2) is 0 Å². The predicted octanol–water partition coefficient (Wildman–Crippen LogP) is 4.47. The first kappa shape index (κ1) is 12.3. The largest absolute Gasteiger partial charge is 0.126 e. The zero-order valence-corrected chi connectivity index (χ0v) is 9.75. The van der Waals surface area contributed by atoms with Gasteiger partial charge in [0.15, 0.2) is 0 Å². The normalized spacial score (nSPS) is 18.8. The summed E-state index contributed by atoms with van der Waals surface area (Å²) in [5, 5.41) is 0. The highest BCUT2D eigenvalue weighted by molar-refractivity contribution is 6.18. The summed E-state index contributed by atoms with van der Waals surface area (Å²) in [7, 11) is 0. The van der Waals surface area contributed by atoms with Crippen molar-refractivity contribution in [3.8, 4) is 0 Å². The van der Waals surface area contributed by atoms with Gasteiger partial charge in [-0.15, -0.1) is 11.6 Å². The highest BCUT2D eigenvalue weighted by Crippen LogP contribution is 2.32. The fourth-order valence-electron chi connectivity index (χ4n) is 1.73. The Balaban J connectivity index is 3.84. The second-order valence-corrected chi connectivity index (χ2v) is 4.66. The van der Waals surface area contributed by atoms with E-state index in [-0.39, 0.29) is 0 Å². The maximum absolute atomic E-state index is 5.95. The molecule has 0 spiro atoms. The minimum Gasteiger partial charge on any atom is -0.126 e. The van der Waals surface area contributed by atoms with Gasteiger partial charge in [0.1, 0.15) is 0 Å². The molecule has 74 valence electrons. The fraction of sp³-hybridized carbons (Fsp3) is 1.00. The van der Waals surface area contributed by atoms with Gasteiger partial charge in [-0.05, 0) is 24.2 Å². The van der Waals surface area contributed by atoms with E-state index in [1.165, 1.54) is 25.7 Å². The van der Waals surface area contributed by atoms with Crippen LogP contribution >= 0.6 is 11.6 Å². The van der Waals surface area contributed by atoms with Crippen molar-refractivity contribution >= 4 is 11.6 Å². The van der Waals surface area contributed by atoms with Gasteiger partial charge in [0.2, 0.25) is 0 Å². The van der Waals surface area contributed by atoms with E-state index in [9.17, 15) is 0 Å². The standard InChI is InChI=1S/C11H23Cl/c1-5-7-10(3)8-11(4,6-2)9-12/h10H,5-9H2,1-4H3. The summed E-state index contributed by atoms with van der Waals surface area (Å²) < 4.78 is 0. The Hall–Kier alpha value is 0.290. The highest BCUT2D eigenvalue weighted by Gasteiger charge is 2.22. The fourth-order valence-corrected chi connectivity index (χ4v) is 2.03. The van der Waals surface area contributed by atoms with E-state index in [0.717, 1.165) is 11.8 Å². The number of rotatable bonds is 6. The first-order valence-electron chi connectivity index (χ1n) is 5.14. The Bertz CT molecular complexity index is 106. The van der Waals surface area contributed by atoms with Crippen LogP contribution in [0.4, 0.5) is 0 Å². The van der Waals surface area contributed by atoms with Gasteiger partial charge in [-0.1, -0.05) is 40.5 Å². The minimum absolute atomic E-state index is 0.371. The average molecular weight is 191 g/mol. The van der Waals surface area contributed by atoms with Crippen LogP contribution in [-0.2, 0) is 0 Å². The van der Waals surface area contributed by atoms with Crippen LogP contribution in [0.1, 0.15) is 53.4 Å². The molecular formula is C11H23Cl. The molecule has 0 nitrogen and oxygen atoms in total. The van der Waals surface area contributed by atoms with Gasteiger partial charge in [-0.3, -0.25) is 0 Å². The monoisotopic (exact) mass is 190 g/mol. The van der Waals surface area contributed by atoms with Crippen molar-refractivity contribution in [2.24, 2.45) is 11.3 Å². The van der Waals surface area contributed by atoms with E-state index in [4.69, 9.17) is 11.6 Å². The lowest BCUT2D eigenvalue weighted by atomic mass is 9.80. The van der Waals surface area contributed by atoms with Crippen molar-refractivity contribution in [2.45, 2.75) is 53.4 Å². The lowest BCUT2D eigenvalue weighted by molar-refractivity contribution is 0.263. The molecule has 0 saturated carbocycles. The molecule has 0 aliphatic heterocycles. The Labute approximate surface area is 82.7 Å². The topological polar surface area (TPSA) is 0 Å². The molecule has 0 fully saturated rings. The summed E-state index contributed by atoms with van der Waals surface area (Å²) >= 11 is 5.95. The molecule has 0 rings (SSSR count).